The van der Waals surface area contributed by atoms with Crippen molar-refractivity contribution in [1.29, 1.82) is 0 Å². The number of carbonyl (C=O) groups is 1. The standard InChI is InChI=1S/C19H20F3N3O4S/c20-19(21,22)14-3-1-6-17(11-14)30(27,28)23-13-18(26)24-15-4-2-5-16(12-15)25-7-9-29-10-8-25/h1-6,11-12,23H,7-10,13H2,(H,24,26). The van der Waals surface area contributed by atoms with Crippen LogP contribution in [-0.2, 0) is 25.7 Å². The van der Waals surface area contributed by atoms with Gasteiger partial charge in [-0.25, -0.2) is 13.1 Å². The second kappa shape index (κ2) is 9.02. The number of halogens is 3. The highest BCUT2D eigenvalue weighted by atomic mass is 32.2. The van der Waals surface area contributed by atoms with Crippen LogP contribution in [0.15, 0.2) is 53.4 Å². The van der Waals surface area contributed by atoms with Crippen molar-refractivity contribution in [2.24, 2.45) is 0 Å². The topological polar surface area (TPSA) is 87.7 Å². The first-order valence-corrected chi connectivity index (χ1v) is 10.5. The van der Waals surface area contributed by atoms with Crippen molar-refractivity contribution in [3.8, 4) is 0 Å². The summed E-state index contributed by atoms with van der Waals surface area (Å²) in [6, 6.07) is 10.4. The summed E-state index contributed by atoms with van der Waals surface area (Å²) in [7, 11) is -4.29. The highest BCUT2D eigenvalue weighted by Gasteiger charge is 2.31. The maximum absolute atomic E-state index is 12.8. The molecule has 7 nitrogen and oxygen atoms in total. The monoisotopic (exact) mass is 443 g/mol. The fourth-order valence-electron chi connectivity index (χ4n) is 2.89. The first-order valence-electron chi connectivity index (χ1n) is 9.05. The summed E-state index contributed by atoms with van der Waals surface area (Å²) in [4.78, 5) is 13.7. The van der Waals surface area contributed by atoms with Gasteiger partial charge < -0.3 is 15.0 Å². The highest BCUT2D eigenvalue weighted by molar-refractivity contribution is 7.89. The lowest BCUT2D eigenvalue weighted by atomic mass is 10.2. The number of amides is 1. The molecule has 1 aliphatic rings. The second-order valence-electron chi connectivity index (χ2n) is 6.55. The lowest BCUT2D eigenvalue weighted by molar-refractivity contribution is -0.137. The van der Waals surface area contributed by atoms with Gasteiger partial charge in [0.1, 0.15) is 0 Å². The van der Waals surface area contributed by atoms with Gasteiger partial charge in [0.2, 0.25) is 15.9 Å². The van der Waals surface area contributed by atoms with Gasteiger partial charge in [-0.15, -0.1) is 0 Å². The Morgan fingerprint density at radius 2 is 1.77 bits per heavy atom. The van der Waals surface area contributed by atoms with Crippen molar-refractivity contribution in [1.82, 2.24) is 4.72 Å². The zero-order chi connectivity index (χ0) is 21.8. The minimum absolute atomic E-state index is 0.474. The highest BCUT2D eigenvalue weighted by Crippen LogP contribution is 2.30. The number of hydrogen-bond acceptors (Lipinski definition) is 5. The Labute approximate surface area is 171 Å². The average Bonchev–Trinajstić information content (AvgIpc) is 2.73. The Kier molecular flexibility index (Phi) is 6.64. The van der Waals surface area contributed by atoms with Crippen molar-refractivity contribution >= 4 is 27.3 Å². The molecule has 11 heteroatoms. The van der Waals surface area contributed by atoms with Crippen LogP contribution in [0.1, 0.15) is 5.56 Å². The quantitative estimate of drug-likeness (QED) is 0.716. The van der Waals surface area contributed by atoms with Crippen LogP contribution in [-0.4, -0.2) is 47.2 Å². The average molecular weight is 443 g/mol. The van der Waals surface area contributed by atoms with E-state index in [1.165, 1.54) is 0 Å². The number of nitrogens with zero attached hydrogens (tertiary/aromatic N) is 1. The minimum Gasteiger partial charge on any atom is -0.378 e. The third kappa shape index (κ3) is 5.71. The molecule has 0 radical (unpaired) electrons. The number of nitrogens with one attached hydrogen (secondary N) is 2. The van der Waals surface area contributed by atoms with Crippen LogP contribution in [0.2, 0.25) is 0 Å². The van der Waals surface area contributed by atoms with Gasteiger partial charge in [-0.2, -0.15) is 13.2 Å². The number of morpholine rings is 1. The van der Waals surface area contributed by atoms with Crippen molar-refractivity contribution in [2.75, 3.05) is 43.1 Å². The molecule has 1 amide bonds. The second-order valence-corrected chi connectivity index (χ2v) is 8.32. The van der Waals surface area contributed by atoms with Gasteiger partial charge in [-0.1, -0.05) is 12.1 Å². The van der Waals surface area contributed by atoms with E-state index >= 15 is 0 Å². The molecule has 3 rings (SSSR count). The zero-order valence-electron chi connectivity index (χ0n) is 15.8. The molecule has 1 aliphatic heterocycles. The number of hydrogen-bond donors (Lipinski definition) is 2. The van der Waals surface area contributed by atoms with E-state index < -0.39 is 39.1 Å². The molecule has 1 saturated heterocycles. The zero-order valence-corrected chi connectivity index (χ0v) is 16.6. The smallest absolute Gasteiger partial charge is 0.378 e. The van der Waals surface area contributed by atoms with E-state index in [-0.39, 0.29) is 0 Å². The first-order chi connectivity index (χ1) is 14.1. The van der Waals surface area contributed by atoms with Crippen molar-refractivity contribution < 1.29 is 31.1 Å². The van der Waals surface area contributed by atoms with Crippen LogP contribution in [0.3, 0.4) is 0 Å². The van der Waals surface area contributed by atoms with Crippen molar-refractivity contribution in [2.45, 2.75) is 11.1 Å². The molecule has 2 N–H and O–H groups in total. The molecule has 0 spiro atoms. The van der Waals surface area contributed by atoms with Crippen LogP contribution in [0.5, 0.6) is 0 Å². The van der Waals surface area contributed by atoms with Crippen LogP contribution in [0.25, 0.3) is 0 Å². The van der Waals surface area contributed by atoms with Crippen molar-refractivity contribution in [3.63, 3.8) is 0 Å². The summed E-state index contributed by atoms with van der Waals surface area (Å²) in [5, 5.41) is 2.58. The first kappa shape index (κ1) is 22.1. The summed E-state index contributed by atoms with van der Waals surface area (Å²) >= 11 is 0. The molecule has 2 aromatic carbocycles. The number of rotatable bonds is 6. The SMILES string of the molecule is O=C(CNS(=O)(=O)c1cccc(C(F)(F)F)c1)Nc1cccc(N2CCOCC2)c1. The molecule has 1 heterocycles. The van der Waals surface area contributed by atoms with Crippen LogP contribution < -0.4 is 14.9 Å². The summed E-state index contributed by atoms with van der Waals surface area (Å²) in [5.74, 6) is -0.648. The number of benzene rings is 2. The fourth-order valence-corrected chi connectivity index (χ4v) is 3.92. The molecule has 162 valence electrons. The van der Waals surface area contributed by atoms with Gasteiger partial charge in [-0.05, 0) is 36.4 Å². The van der Waals surface area contributed by atoms with Crippen LogP contribution >= 0.6 is 0 Å². The van der Waals surface area contributed by atoms with E-state index in [9.17, 15) is 26.4 Å². The third-order valence-corrected chi connectivity index (χ3v) is 5.80. The lowest BCUT2D eigenvalue weighted by Gasteiger charge is -2.29. The van der Waals surface area contributed by atoms with Gasteiger partial charge in [0, 0.05) is 24.5 Å². The number of sulfonamides is 1. The van der Waals surface area contributed by atoms with E-state index in [1.54, 1.807) is 18.2 Å². The number of carbonyl (C=O) groups excluding carboxylic acids is 1. The fraction of sp³-hybridized carbons (Fsp3) is 0.316. The molecule has 0 aromatic heterocycles. The van der Waals surface area contributed by atoms with Crippen LogP contribution in [0.4, 0.5) is 24.5 Å². The molecule has 0 bridgehead atoms. The maximum Gasteiger partial charge on any atom is 0.416 e. The van der Waals surface area contributed by atoms with Crippen LogP contribution in [0, 0.1) is 0 Å². The van der Waals surface area contributed by atoms with E-state index in [2.05, 4.69) is 10.2 Å². The summed E-state index contributed by atoms with van der Waals surface area (Å²) in [6.45, 7) is 2.02. The summed E-state index contributed by atoms with van der Waals surface area (Å²) < 4.78 is 70.2. The Morgan fingerprint density at radius 1 is 1.07 bits per heavy atom. The largest absolute Gasteiger partial charge is 0.416 e. The predicted octanol–water partition coefficient (Wildman–Crippen LogP) is 2.46. The Balaban J connectivity index is 1.62. The maximum atomic E-state index is 12.8. The lowest BCUT2D eigenvalue weighted by Crippen LogP contribution is -2.36. The molecular formula is C19H20F3N3O4S. The molecule has 30 heavy (non-hydrogen) atoms. The Hall–Kier alpha value is -2.63. The molecule has 1 fully saturated rings. The van der Waals surface area contributed by atoms with E-state index in [1.807, 2.05) is 10.8 Å². The minimum atomic E-state index is -4.67. The van der Waals surface area contributed by atoms with Crippen molar-refractivity contribution in [3.05, 3.63) is 54.1 Å². The van der Waals surface area contributed by atoms with Gasteiger partial charge in [0.25, 0.3) is 0 Å². The van der Waals surface area contributed by atoms with Gasteiger partial charge in [0.05, 0.1) is 30.2 Å². The predicted molar refractivity (Wildman–Crippen MR) is 105 cm³/mol. The summed E-state index contributed by atoms with van der Waals surface area (Å²) in [5.41, 5.74) is 0.276. The molecule has 0 unspecified atom stereocenters. The Morgan fingerprint density at radius 3 is 2.47 bits per heavy atom. The number of anilines is 2. The Bertz CT molecular complexity index is 1010. The molecular weight excluding hydrogens is 423 g/mol. The van der Waals surface area contributed by atoms with Gasteiger partial charge in [-0.3, -0.25) is 4.79 Å². The molecule has 0 saturated carbocycles. The molecule has 0 atom stereocenters. The van der Waals surface area contributed by atoms with E-state index in [0.29, 0.717) is 38.1 Å². The molecule has 2 aromatic rings. The third-order valence-electron chi connectivity index (χ3n) is 4.40. The number of alkyl halides is 3. The molecule has 0 aliphatic carbocycles. The number of ether oxygens (including phenoxy) is 1. The van der Waals surface area contributed by atoms with E-state index in [0.717, 1.165) is 23.9 Å². The van der Waals surface area contributed by atoms with Gasteiger partial charge >= 0.3 is 6.18 Å². The van der Waals surface area contributed by atoms with E-state index in [4.69, 9.17) is 4.74 Å². The summed E-state index contributed by atoms with van der Waals surface area (Å²) in [6.07, 6.45) is -4.67. The van der Waals surface area contributed by atoms with Gasteiger partial charge in [0.15, 0.2) is 0 Å². The normalized spacial score (nSPS) is 15.1.